The van der Waals surface area contributed by atoms with Crippen molar-refractivity contribution in [3.63, 3.8) is 0 Å². The molecule has 0 saturated heterocycles. The predicted octanol–water partition coefficient (Wildman–Crippen LogP) is 2.79. The maximum atomic E-state index is 12.3. The van der Waals surface area contributed by atoms with Gasteiger partial charge in [0.2, 0.25) is 5.91 Å². The Hall–Kier alpha value is -3.04. The van der Waals surface area contributed by atoms with E-state index in [1.54, 1.807) is 12.1 Å². The van der Waals surface area contributed by atoms with E-state index in [1.807, 2.05) is 0 Å². The molecule has 1 aliphatic rings. The van der Waals surface area contributed by atoms with E-state index in [9.17, 15) is 19.7 Å². The molecule has 1 aliphatic heterocycles. The second-order valence-corrected chi connectivity index (χ2v) is 7.47. The third-order valence-corrected chi connectivity index (χ3v) is 5.71. The van der Waals surface area contributed by atoms with Gasteiger partial charge in [-0.15, -0.1) is 11.3 Å². The molecule has 2 heterocycles. The van der Waals surface area contributed by atoms with Gasteiger partial charge in [0.1, 0.15) is 5.00 Å². The monoisotopic (exact) mass is 400 g/mol. The van der Waals surface area contributed by atoms with E-state index >= 15 is 0 Å². The summed E-state index contributed by atoms with van der Waals surface area (Å²) in [6.07, 6.45) is 3.48. The number of anilines is 1. The summed E-state index contributed by atoms with van der Waals surface area (Å²) in [5, 5.41) is 14.0. The molecule has 0 aliphatic carbocycles. The van der Waals surface area contributed by atoms with E-state index in [4.69, 9.17) is 5.73 Å². The lowest BCUT2D eigenvalue weighted by molar-refractivity contribution is -0.384. The number of primary amides is 1. The van der Waals surface area contributed by atoms with Crippen molar-refractivity contribution in [2.75, 3.05) is 18.4 Å². The summed E-state index contributed by atoms with van der Waals surface area (Å²) in [6.45, 7) is 4.57. The first kappa shape index (κ1) is 19.7. The third kappa shape index (κ3) is 4.26. The number of nitrogens with zero attached hydrogens (tertiary/aromatic N) is 2. The zero-order valence-electron chi connectivity index (χ0n) is 15.3. The van der Waals surface area contributed by atoms with E-state index in [-0.39, 0.29) is 5.69 Å². The lowest BCUT2D eigenvalue weighted by Gasteiger charge is -2.25. The summed E-state index contributed by atoms with van der Waals surface area (Å²) in [5.74, 6) is -0.986. The normalized spacial score (nSPS) is 14.0. The number of nitro benzene ring substituents is 1. The highest BCUT2D eigenvalue weighted by atomic mass is 32.1. The lowest BCUT2D eigenvalue weighted by atomic mass is 10.0. The Labute approximate surface area is 165 Å². The summed E-state index contributed by atoms with van der Waals surface area (Å²) in [6, 6.07) is 5.97. The van der Waals surface area contributed by atoms with Gasteiger partial charge in [-0.1, -0.05) is 19.1 Å². The number of amides is 2. The highest BCUT2D eigenvalue weighted by Gasteiger charge is 2.26. The molecule has 9 heteroatoms. The molecule has 3 rings (SSSR count). The number of rotatable bonds is 6. The first-order valence-electron chi connectivity index (χ1n) is 8.79. The standard InChI is InChI=1S/C19H20N4O4S/c1-2-22-9-8-14-15(11-22)28-19(17(14)18(20)25)21-16(24)7-6-12-4-3-5-13(10-12)23(26)27/h3-7,10H,2,8-9,11H2,1H3,(H2,20,25)(H,21,24)/b7-6-. The number of benzene rings is 1. The van der Waals surface area contributed by atoms with Crippen LogP contribution in [0, 0.1) is 10.1 Å². The average Bonchev–Trinajstić information content (AvgIpc) is 3.03. The summed E-state index contributed by atoms with van der Waals surface area (Å²) < 4.78 is 0. The van der Waals surface area contributed by atoms with Crippen molar-refractivity contribution >= 4 is 39.9 Å². The summed E-state index contributed by atoms with van der Waals surface area (Å²) in [4.78, 5) is 37.9. The van der Waals surface area contributed by atoms with Crippen LogP contribution in [0.2, 0.25) is 0 Å². The summed E-state index contributed by atoms with van der Waals surface area (Å²) >= 11 is 1.37. The minimum atomic E-state index is -0.555. The van der Waals surface area contributed by atoms with E-state index in [1.165, 1.54) is 35.6 Å². The van der Waals surface area contributed by atoms with Gasteiger partial charge in [0, 0.05) is 36.2 Å². The van der Waals surface area contributed by atoms with E-state index in [2.05, 4.69) is 17.1 Å². The lowest BCUT2D eigenvalue weighted by Crippen LogP contribution is -2.30. The quantitative estimate of drug-likeness (QED) is 0.439. The molecule has 2 aromatic rings. The van der Waals surface area contributed by atoms with E-state index in [0.717, 1.165) is 36.5 Å². The molecule has 146 valence electrons. The summed E-state index contributed by atoms with van der Waals surface area (Å²) in [7, 11) is 0. The largest absolute Gasteiger partial charge is 0.365 e. The first-order chi connectivity index (χ1) is 13.4. The van der Waals surface area contributed by atoms with Crippen molar-refractivity contribution in [2.24, 2.45) is 5.73 Å². The number of nitrogens with two attached hydrogens (primary N) is 1. The number of non-ortho nitro benzene ring substituents is 1. The third-order valence-electron chi connectivity index (χ3n) is 4.57. The molecule has 0 atom stereocenters. The first-order valence-corrected chi connectivity index (χ1v) is 9.61. The maximum Gasteiger partial charge on any atom is 0.270 e. The fourth-order valence-corrected chi connectivity index (χ4v) is 4.44. The van der Waals surface area contributed by atoms with Gasteiger partial charge in [-0.2, -0.15) is 0 Å². The number of fused-ring (bicyclic) bond motifs is 1. The van der Waals surface area contributed by atoms with Crippen molar-refractivity contribution in [1.82, 2.24) is 4.90 Å². The van der Waals surface area contributed by atoms with E-state index in [0.29, 0.717) is 16.1 Å². The molecule has 1 aromatic heterocycles. The van der Waals surface area contributed by atoms with Crippen molar-refractivity contribution in [3.8, 4) is 0 Å². The summed E-state index contributed by atoms with van der Waals surface area (Å²) in [5.41, 5.74) is 7.34. The van der Waals surface area contributed by atoms with Gasteiger partial charge in [-0.05, 0) is 30.2 Å². The highest BCUT2D eigenvalue weighted by Crippen LogP contribution is 2.36. The molecule has 2 amide bonds. The fraction of sp³-hybridized carbons (Fsp3) is 0.263. The minimum Gasteiger partial charge on any atom is -0.365 e. The molecule has 0 radical (unpaired) electrons. The topological polar surface area (TPSA) is 119 Å². The van der Waals surface area contributed by atoms with Crippen LogP contribution >= 0.6 is 11.3 Å². The number of carbonyl (C=O) groups excluding carboxylic acids is 2. The van der Waals surface area contributed by atoms with Gasteiger partial charge in [0.25, 0.3) is 11.6 Å². The zero-order chi connectivity index (χ0) is 20.3. The molecular formula is C19H20N4O4S. The predicted molar refractivity (Wildman–Crippen MR) is 108 cm³/mol. The van der Waals surface area contributed by atoms with Crippen LogP contribution in [-0.4, -0.2) is 34.7 Å². The van der Waals surface area contributed by atoms with Crippen LogP contribution in [0.5, 0.6) is 0 Å². The van der Waals surface area contributed by atoms with Gasteiger partial charge in [0.15, 0.2) is 0 Å². The number of carbonyl (C=O) groups is 2. The second-order valence-electron chi connectivity index (χ2n) is 6.37. The molecule has 28 heavy (non-hydrogen) atoms. The van der Waals surface area contributed by atoms with Crippen molar-refractivity contribution in [3.05, 3.63) is 62.0 Å². The Morgan fingerprint density at radius 3 is 2.89 bits per heavy atom. The molecule has 0 spiro atoms. The SMILES string of the molecule is CCN1CCc2c(sc(NC(=O)/C=C\c3cccc([N+](=O)[O-])c3)c2C(N)=O)C1. The van der Waals surface area contributed by atoms with Crippen LogP contribution in [0.15, 0.2) is 30.3 Å². The minimum absolute atomic E-state index is 0.0509. The van der Waals surface area contributed by atoms with Crippen LogP contribution in [0.4, 0.5) is 10.7 Å². The number of likely N-dealkylation sites (N-methyl/N-ethyl adjacent to an activating group) is 1. The van der Waals surface area contributed by atoms with Crippen molar-refractivity contribution in [2.45, 2.75) is 19.9 Å². The van der Waals surface area contributed by atoms with E-state index < -0.39 is 16.7 Å². The number of hydrogen-bond acceptors (Lipinski definition) is 6. The van der Waals surface area contributed by atoms with Crippen LogP contribution in [0.25, 0.3) is 6.08 Å². The van der Waals surface area contributed by atoms with Crippen LogP contribution < -0.4 is 11.1 Å². The van der Waals surface area contributed by atoms with Gasteiger partial charge < -0.3 is 11.1 Å². The second kappa shape index (κ2) is 8.32. The fourth-order valence-electron chi connectivity index (χ4n) is 3.14. The Balaban J connectivity index is 1.79. The zero-order valence-corrected chi connectivity index (χ0v) is 16.1. The van der Waals surface area contributed by atoms with Gasteiger partial charge in [0.05, 0.1) is 10.5 Å². The maximum absolute atomic E-state index is 12.3. The number of nitrogens with one attached hydrogen (secondary N) is 1. The Kier molecular flexibility index (Phi) is 5.86. The molecule has 0 unspecified atom stereocenters. The van der Waals surface area contributed by atoms with Crippen LogP contribution in [0.1, 0.15) is 33.3 Å². The average molecular weight is 400 g/mol. The van der Waals surface area contributed by atoms with Crippen molar-refractivity contribution < 1.29 is 14.5 Å². The molecule has 0 fully saturated rings. The molecule has 3 N–H and O–H groups in total. The number of hydrogen-bond donors (Lipinski definition) is 2. The van der Waals surface area contributed by atoms with Crippen LogP contribution in [-0.2, 0) is 17.8 Å². The van der Waals surface area contributed by atoms with Gasteiger partial charge in [-0.25, -0.2) is 0 Å². The van der Waals surface area contributed by atoms with Crippen molar-refractivity contribution in [1.29, 1.82) is 0 Å². The highest BCUT2D eigenvalue weighted by molar-refractivity contribution is 7.17. The Morgan fingerprint density at radius 1 is 1.43 bits per heavy atom. The van der Waals surface area contributed by atoms with Gasteiger partial charge in [-0.3, -0.25) is 24.6 Å². The Bertz CT molecular complexity index is 967. The molecule has 0 bridgehead atoms. The molecule has 0 saturated carbocycles. The molecule has 1 aromatic carbocycles. The smallest absolute Gasteiger partial charge is 0.270 e. The number of nitro groups is 1. The van der Waals surface area contributed by atoms with Gasteiger partial charge >= 0.3 is 0 Å². The van der Waals surface area contributed by atoms with Crippen LogP contribution in [0.3, 0.4) is 0 Å². The Morgan fingerprint density at radius 2 is 2.21 bits per heavy atom. The number of thiophene rings is 1. The molecule has 8 nitrogen and oxygen atoms in total. The molecular weight excluding hydrogens is 380 g/mol.